The van der Waals surface area contributed by atoms with Crippen molar-refractivity contribution in [2.45, 2.75) is 25.8 Å². The second kappa shape index (κ2) is 6.43. The van der Waals surface area contributed by atoms with Crippen molar-refractivity contribution in [3.05, 3.63) is 53.6 Å². The van der Waals surface area contributed by atoms with Crippen LogP contribution in [0.25, 0.3) is 0 Å². The van der Waals surface area contributed by atoms with Crippen molar-refractivity contribution in [2.75, 3.05) is 6.54 Å². The maximum atomic E-state index is 13.6. The Morgan fingerprint density at radius 2 is 2.21 bits per heavy atom. The Morgan fingerprint density at radius 3 is 2.95 bits per heavy atom. The van der Waals surface area contributed by atoms with Crippen molar-refractivity contribution >= 4 is 0 Å². The largest absolute Gasteiger partial charge is 0.349 e. The molecule has 1 atom stereocenters. The van der Waals surface area contributed by atoms with Gasteiger partial charge in [0.2, 0.25) is 0 Å². The average Bonchev–Trinajstić information content (AvgIpc) is 2.91. The minimum atomic E-state index is -0.804. The standard InChI is InChI=1S/C14H17F2N3/c1-10(11-4-2-5-12(15)14(11)16)17-7-3-6-13-18-8-9-19-13/h2,4-5,8-10,17H,3,6-7H2,1H3,(H,18,19). The van der Waals surface area contributed by atoms with Crippen LogP contribution in [-0.4, -0.2) is 16.5 Å². The lowest BCUT2D eigenvalue weighted by Crippen LogP contribution is -2.21. The molecule has 1 heterocycles. The fourth-order valence-corrected chi connectivity index (χ4v) is 1.97. The number of H-pyrrole nitrogens is 1. The quantitative estimate of drug-likeness (QED) is 0.788. The molecule has 0 saturated heterocycles. The number of aryl methyl sites for hydroxylation is 1. The minimum absolute atomic E-state index is 0.215. The fourth-order valence-electron chi connectivity index (χ4n) is 1.97. The summed E-state index contributed by atoms with van der Waals surface area (Å²) in [7, 11) is 0. The van der Waals surface area contributed by atoms with Crippen LogP contribution in [-0.2, 0) is 6.42 Å². The van der Waals surface area contributed by atoms with E-state index in [2.05, 4.69) is 15.3 Å². The molecular formula is C14H17F2N3. The molecule has 19 heavy (non-hydrogen) atoms. The molecular weight excluding hydrogens is 248 g/mol. The van der Waals surface area contributed by atoms with Crippen LogP contribution in [0.4, 0.5) is 8.78 Å². The maximum Gasteiger partial charge on any atom is 0.163 e. The van der Waals surface area contributed by atoms with Gasteiger partial charge in [0.15, 0.2) is 11.6 Å². The van der Waals surface area contributed by atoms with E-state index in [1.54, 1.807) is 18.5 Å². The number of imidazole rings is 1. The van der Waals surface area contributed by atoms with Gasteiger partial charge in [0.05, 0.1) is 0 Å². The predicted molar refractivity (Wildman–Crippen MR) is 69.7 cm³/mol. The summed E-state index contributed by atoms with van der Waals surface area (Å²) in [6.45, 7) is 2.54. The lowest BCUT2D eigenvalue weighted by Gasteiger charge is -2.15. The minimum Gasteiger partial charge on any atom is -0.349 e. The molecule has 0 spiro atoms. The number of nitrogens with zero attached hydrogens (tertiary/aromatic N) is 1. The van der Waals surface area contributed by atoms with Gasteiger partial charge in [-0.2, -0.15) is 0 Å². The Labute approximate surface area is 111 Å². The van der Waals surface area contributed by atoms with Crippen LogP contribution in [0.5, 0.6) is 0 Å². The third kappa shape index (κ3) is 3.61. The molecule has 0 aliphatic carbocycles. The summed E-state index contributed by atoms with van der Waals surface area (Å²) in [6, 6.07) is 4.03. The van der Waals surface area contributed by atoms with Crippen molar-refractivity contribution in [2.24, 2.45) is 0 Å². The molecule has 2 aromatic rings. The zero-order valence-electron chi connectivity index (χ0n) is 10.8. The van der Waals surface area contributed by atoms with Crippen LogP contribution in [0, 0.1) is 11.6 Å². The Morgan fingerprint density at radius 1 is 1.37 bits per heavy atom. The summed E-state index contributed by atoms with van der Waals surface area (Å²) in [4.78, 5) is 7.15. The van der Waals surface area contributed by atoms with Gasteiger partial charge in [0.25, 0.3) is 0 Å². The molecule has 0 fully saturated rings. The molecule has 2 rings (SSSR count). The van der Waals surface area contributed by atoms with Crippen molar-refractivity contribution in [3.63, 3.8) is 0 Å². The first-order chi connectivity index (χ1) is 9.18. The van der Waals surface area contributed by atoms with E-state index in [1.165, 1.54) is 6.07 Å². The van der Waals surface area contributed by atoms with E-state index in [0.29, 0.717) is 5.56 Å². The van der Waals surface area contributed by atoms with Crippen LogP contribution in [0.1, 0.15) is 30.8 Å². The number of hydrogen-bond acceptors (Lipinski definition) is 2. The smallest absolute Gasteiger partial charge is 0.163 e. The summed E-state index contributed by atoms with van der Waals surface area (Å²) < 4.78 is 26.7. The zero-order chi connectivity index (χ0) is 13.7. The number of hydrogen-bond donors (Lipinski definition) is 2. The van der Waals surface area contributed by atoms with Crippen LogP contribution in [0.3, 0.4) is 0 Å². The van der Waals surface area contributed by atoms with Gasteiger partial charge in [0, 0.05) is 30.4 Å². The lowest BCUT2D eigenvalue weighted by molar-refractivity contribution is 0.471. The number of benzene rings is 1. The van der Waals surface area contributed by atoms with Crippen LogP contribution in [0.2, 0.25) is 0 Å². The Hall–Kier alpha value is -1.75. The van der Waals surface area contributed by atoms with Gasteiger partial charge >= 0.3 is 0 Å². The molecule has 0 aliphatic rings. The number of aromatic amines is 1. The van der Waals surface area contributed by atoms with Crippen molar-refractivity contribution < 1.29 is 8.78 Å². The highest BCUT2D eigenvalue weighted by Gasteiger charge is 2.13. The number of halogens is 2. The third-order valence-corrected chi connectivity index (χ3v) is 3.04. The molecule has 0 radical (unpaired) electrons. The van der Waals surface area contributed by atoms with E-state index in [0.717, 1.165) is 31.3 Å². The summed E-state index contributed by atoms with van der Waals surface area (Å²) >= 11 is 0. The van der Waals surface area contributed by atoms with E-state index < -0.39 is 11.6 Å². The molecule has 102 valence electrons. The van der Waals surface area contributed by atoms with Gasteiger partial charge < -0.3 is 10.3 Å². The molecule has 0 aliphatic heterocycles. The lowest BCUT2D eigenvalue weighted by atomic mass is 10.1. The second-order valence-corrected chi connectivity index (χ2v) is 4.46. The van der Waals surface area contributed by atoms with E-state index in [1.807, 2.05) is 6.92 Å². The topological polar surface area (TPSA) is 40.7 Å². The number of aromatic nitrogens is 2. The maximum absolute atomic E-state index is 13.6. The summed E-state index contributed by atoms with van der Waals surface area (Å²) in [5, 5.41) is 3.18. The molecule has 1 aromatic heterocycles. The van der Waals surface area contributed by atoms with E-state index in [4.69, 9.17) is 0 Å². The molecule has 3 nitrogen and oxygen atoms in total. The highest BCUT2D eigenvalue weighted by molar-refractivity contribution is 5.21. The van der Waals surface area contributed by atoms with Crippen molar-refractivity contribution in [1.82, 2.24) is 15.3 Å². The number of rotatable bonds is 6. The molecule has 2 N–H and O–H groups in total. The monoisotopic (exact) mass is 265 g/mol. The highest BCUT2D eigenvalue weighted by atomic mass is 19.2. The fraction of sp³-hybridized carbons (Fsp3) is 0.357. The van der Waals surface area contributed by atoms with E-state index in [9.17, 15) is 8.78 Å². The first-order valence-corrected chi connectivity index (χ1v) is 6.34. The van der Waals surface area contributed by atoms with E-state index >= 15 is 0 Å². The SMILES string of the molecule is CC(NCCCc1ncc[nH]1)c1cccc(F)c1F. The average molecular weight is 265 g/mol. The van der Waals surface area contributed by atoms with Gasteiger partial charge in [-0.15, -0.1) is 0 Å². The first-order valence-electron chi connectivity index (χ1n) is 6.34. The molecule has 0 amide bonds. The normalized spacial score (nSPS) is 12.6. The van der Waals surface area contributed by atoms with E-state index in [-0.39, 0.29) is 6.04 Å². The van der Waals surface area contributed by atoms with Gasteiger partial charge in [0.1, 0.15) is 5.82 Å². The summed E-state index contributed by atoms with van der Waals surface area (Å²) in [5.41, 5.74) is 0.359. The van der Waals surface area contributed by atoms with Gasteiger partial charge in [-0.3, -0.25) is 0 Å². The molecule has 5 heteroatoms. The number of nitrogens with one attached hydrogen (secondary N) is 2. The van der Waals surface area contributed by atoms with Gasteiger partial charge in [-0.1, -0.05) is 12.1 Å². The third-order valence-electron chi connectivity index (χ3n) is 3.04. The molecule has 0 bridgehead atoms. The summed E-state index contributed by atoms with van der Waals surface area (Å²) in [5.74, 6) is -0.637. The first kappa shape index (κ1) is 13.7. The predicted octanol–water partition coefficient (Wildman–Crippen LogP) is 2.97. The molecule has 0 saturated carbocycles. The highest BCUT2D eigenvalue weighted by Crippen LogP contribution is 2.18. The zero-order valence-corrected chi connectivity index (χ0v) is 10.8. The van der Waals surface area contributed by atoms with Crippen molar-refractivity contribution in [1.29, 1.82) is 0 Å². The Kier molecular flexibility index (Phi) is 4.63. The van der Waals surface area contributed by atoms with Crippen LogP contribution >= 0.6 is 0 Å². The van der Waals surface area contributed by atoms with Gasteiger partial charge in [-0.25, -0.2) is 13.8 Å². The molecule has 1 aromatic carbocycles. The second-order valence-electron chi connectivity index (χ2n) is 4.46. The van der Waals surface area contributed by atoms with Gasteiger partial charge in [-0.05, 0) is 26.0 Å². The molecule has 1 unspecified atom stereocenters. The van der Waals surface area contributed by atoms with Crippen LogP contribution < -0.4 is 5.32 Å². The van der Waals surface area contributed by atoms with Crippen molar-refractivity contribution in [3.8, 4) is 0 Å². The van der Waals surface area contributed by atoms with Crippen LogP contribution in [0.15, 0.2) is 30.6 Å². The summed E-state index contributed by atoms with van der Waals surface area (Å²) in [6.07, 6.45) is 5.22. The Bertz CT molecular complexity index is 511. The Balaban J connectivity index is 1.81.